The van der Waals surface area contributed by atoms with Crippen LogP contribution < -0.4 is 5.73 Å². The van der Waals surface area contributed by atoms with Gasteiger partial charge in [0.1, 0.15) is 5.82 Å². The Morgan fingerprint density at radius 1 is 1.35 bits per heavy atom. The van der Waals surface area contributed by atoms with Crippen molar-refractivity contribution in [3.05, 3.63) is 35.6 Å². The molecule has 1 saturated heterocycles. The molecule has 3 heteroatoms. The lowest BCUT2D eigenvalue weighted by Crippen LogP contribution is -2.29. The molecule has 1 aliphatic heterocycles. The Morgan fingerprint density at radius 2 is 2.10 bits per heavy atom. The molecule has 0 amide bonds. The molecule has 0 aromatic heterocycles. The molecule has 0 saturated carbocycles. The molecule has 20 heavy (non-hydrogen) atoms. The molecule has 2 nitrogen and oxygen atoms in total. The van der Waals surface area contributed by atoms with Gasteiger partial charge in [-0.3, -0.25) is 0 Å². The van der Waals surface area contributed by atoms with Crippen LogP contribution in [0.3, 0.4) is 0 Å². The molecule has 0 spiro atoms. The van der Waals surface area contributed by atoms with Gasteiger partial charge in [-0.25, -0.2) is 4.39 Å². The average molecular weight is 278 g/mol. The first-order chi connectivity index (χ1) is 9.58. The third-order valence-electron chi connectivity index (χ3n) is 5.05. The van der Waals surface area contributed by atoms with E-state index in [0.717, 1.165) is 18.5 Å². The topological polar surface area (TPSA) is 29.3 Å². The first-order valence-corrected chi connectivity index (χ1v) is 7.82. The average Bonchev–Trinajstić information content (AvgIpc) is 2.89. The van der Waals surface area contributed by atoms with Crippen molar-refractivity contribution in [3.63, 3.8) is 0 Å². The van der Waals surface area contributed by atoms with Crippen molar-refractivity contribution >= 4 is 0 Å². The zero-order valence-corrected chi connectivity index (χ0v) is 12.7. The van der Waals surface area contributed by atoms with Crippen LogP contribution in [-0.4, -0.2) is 24.5 Å². The van der Waals surface area contributed by atoms with Gasteiger partial charge in [-0.1, -0.05) is 26.0 Å². The highest BCUT2D eigenvalue weighted by Gasteiger charge is 2.34. The highest BCUT2D eigenvalue weighted by atomic mass is 19.1. The van der Waals surface area contributed by atoms with E-state index in [2.05, 4.69) is 18.7 Å². The molecule has 112 valence electrons. The second-order valence-electron chi connectivity index (χ2n) is 6.18. The second-order valence-corrected chi connectivity index (χ2v) is 6.18. The van der Waals surface area contributed by atoms with Gasteiger partial charge in [0, 0.05) is 12.6 Å². The highest BCUT2D eigenvalue weighted by Crippen LogP contribution is 2.37. The monoisotopic (exact) mass is 278 g/mol. The minimum Gasteiger partial charge on any atom is -0.324 e. The van der Waals surface area contributed by atoms with Crippen molar-refractivity contribution in [1.29, 1.82) is 0 Å². The summed E-state index contributed by atoms with van der Waals surface area (Å²) in [7, 11) is 0. The summed E-state index contributed by atoms with van der Waals surface area (Å²) in [5.74, 6) is -0.199. The van der Waals surface area contributed by atoms with Crippen LogP contribution in [-0.2, 0) is 0 Å². The van der Waals surface area contributed by atoms with E-state index in [0.29, 0.717) is 5.41 Å². The number of hydrogen-bond donors (Lipinski definition) is 1. The number of nitrogens with zero attached hydrogens (tertiary/aromatic N) is 1. The number of likely N-dealkylation sites (tertiary alicyclic amines) is 1. The van der Waals surface area contributed by atoms with Crippen molar-refractivity contribution in [2.75, 3.05) is 19.6 Å². The van der Waals surface area contributed by atoms with E-state index in [1.807, 2.05) is 6.07 Å². The first-order valence-electron chi connectivity index (χ1n) is 7.82. The molecule has 1 unspecified atom stereocenters. The van der Waals surface area contributed by atoms with Gasteiger partial charge in [0.15, 0.2) is 0 Å². The predicted octanol–water partition coefficient (Wildman–Crippen LogP) is 3.73. The zero-order chi connectivity index (χ0) is 14.6. The minimum atomic E-state index is -0.199. The normalized spacial score (nSPS) is 20.2. The van der Waals surface area contributed by atoms with E-state index in [1.54, 1.807) is 12.1 Å². The maximum Gasteiger partial charge on any atom is 0.123 e. The molecule has 1 atom stereocenters. The van der Waals surface area contributed by atoms with Gasteiger partial charge in [0.2, 0.25) is 0 Å². The molecule has 2 N–H and O–H groups in total. The summed E-state index contributed by atoms with van der Waals surface area (Å²) in [6, 6.07) is 6.61. The Labute approximate surface area is 122 Å². The predicted molar refractivity (Wildman–Crippen MR) is 82.0 cm³/mol. The Hall–Kier alpha value is -0.930. The summed E-state index contributed by atoms with van der Waals surface area (Å²) >= 11 is 0. The standard InChI is InChI=1S/C17H27FN2/c1-3-17(4-2)9-11-20(13-17)10-8-16(19)14-6-5-7-15(18)12-14/h5-7,12,16H,3-4,8-11,13,19H2,1-2H3. The second kappa shape index (κ2) is 6.68. The largest absolute Gasteiger partial charge is 0.324 e. The van der Waals surface area contributed by atoms with Crippen molar-refractivity contribution < 1.29 is 4.39 Å². The molecular formula is C17H27FN2. The summed E-state index contributed by atoms with van der Waals surface area (Å²) in [5, 5.41) is 0. The lowest BCUT2D eigenvalue weighted by Gasteiger charge is -2.27. The summed E-state index contributed by atoms with van der Waals surface area (Å²) in [6.07, 6.45) is 4.72. The van der Waals surface area contributed by atoms with Crippen LogP contribution in [0.1, 0.15) is 51.1 Å². The number of halogens is 1. The van der Waals surface area contributed by atoms with Crippen LogP contribution >= 0.6 is 0 Å². The summed E-state index contributed by atoms with van der Waals surface area (Å²) in [4.78, 5) is 2.52. The van der Waals surface area contributed by atoms with E-state index >= 15 is 0 Å². The van der Waals surface area contributed by atoms with Crippen molar-refractivity contribution in [1.82, 2.24) is 4.90 Å². The van der Waals surface area contributed by atoms with Crippen molar-refractivity contribution in [2.24, 2.45) is 11.1 Å². The van der Waals surface area contributed by atoms with E-state index in [9.17, 15) is 4.39 Å². The third-order valence-corrected chi connectivity index (χ3v) is 5.05. The molecule has 1 fully saturated rings. The van der Waals surface area contributed by atoms with Crippen LogP contribution in [0.2, 0.25) is 0 Å². The van der Waals surface area contributed by atoms with Gasteiger partial charge in [0.25, 0.3) is 0 Å². The fourth-order valence-electron chi connectivity index (χ4n) is 3.27. The molecule has 1 aromatic rings. The smallest absolute Gasteiger partial charge is 0.123 e. The van der Waals surface area contributed by atoms with Gasteiger partial charge in [-0.2, -0.15) is 0 Å². The van der Waals surface area contributed by atoms with Gasteiger partial charge in [-0.15, -0.1) is 0 Å². The minimum absolute atomic E-state index is 0.0658. The zero-order valence-electron chi connectivity index (χ0n) is 12.7. The van der Waals surface area contributed by atoms with Gasteiger partial charge in [-0.05, 0) is 61.9 Å². The summed E-state index contributed by atoms with van der Waals surface area (Å²) < 4.78 is 13.2. The number of benzene rings is 1. The summed E-state index contributed by atoms with van der Waals surface area (Å²) in [5.41, 5.74) is 7.60. The molecule has 1 heterocycles. The Kier molecular flexibility index (Phi) is 5.17. The fraction of sp³-hybridized carbons (Fsp3) is 0.647. The van der Waals surface area contributed by atoms with Crippen LogP contribution in [0.5, 0.6) is 0 Å². The SMILES string of the molecule is CCC1(CC)CCN(CCC(N)c2cccc(F)c2)C1. The van der Waals surface area contributed by atoms with E-state index in [4.69, 9.17) is 5.73 Å². The lowest BCUT2D eigenvalue weighted by atomic mass is 9.82. The van der Waals surface area contributed by atoms with Crippen molar-refractivity contribution in [3.8, 4) is 0 Å². The van der Waals surface area contributed by atoms with E-state index in [1.165, 1.54) is 38.4 Å². The van der Waals surface area contributed by atoms with Crippen LogP contribution in [0.4, 0.5) is 4.39 Å². The molecule has 1 aromatic carbocycles. The summed E-state index contributed by atoms with van der Waals surface area (Å²) in [6.45, 7) is 7.98. The highest BCUT2D eigenvalue weighted by molar-refractivity contribution is 5.19. The first kappa shape index (κ1) is 15.5. The Morgan fingerprint density at radius 3 is 2.70 bits per heavy atom. The molecular weight excluding hydrogens is 251 g/mol. The van der Waals surface area contributed by atoms with Gasteiger partial charge in [0.05, 0.1) is 0 Å². The van der Waals surface area contributed by atoms with Crippen molar-refractivity contribution in [2.45, 2.75) is 45.6 Å². The van der Waals surface area contributed by atoms with Gasteiger partial charge < -0.3 is 10.6 Å². The van der Waals surface area contributed by atoms with Crippen LogP contribution in [0.15, 0.2) is 24.3 Å². The van der Waals surface area contributed by atoms with E-state index in [-0.39, 0.29) is 11.9 Å². The van der Waals surface area contributed by atoms with E-state index < -0.39 is 0 Å². The molecule has 1 aliphatic rings. The third kappa shape index (κ3) is 3.58. The Bertz CT molecular complexity index is 429. The molecule has 2 rings (SSSR count). The fourth-order valence-corrected chi connectivity index (χ4v) is 3.27. The van der Waals surface area contributed by atoms with Crippen LogP contribution in [0.25, 0.3) is 0 Å². The van der Waals surface area contributed by atoms with Gasteiger partial charge >= 0.3 is 0 Å². The number of rotatable bonds is 6. The lowest BCUT2D eigenvalue weighted by molar-refractivity contribution is 0.236. The maximum atomic E-state index is 13.2. The Balaban J connectivity index is 1.84. The number of hydrogen-bond acceptors (Lipinski definition) is 2. The quantitative estimate of drug-likeness (QED) is 0.859. The molecule has 0 radical (unpaired) electrons. The molecule has 0 bridgehead atoms. The number of nitrogens with two attached hydrogens (primary N) is 1. The van der Waals surface area contributed by atoms with Crippen LogP contribution in [0, 0.1) is 11.2 Å². The maximum absolute atomic E-state index is 13.2. The molecule has 0 aliphatic carbocycles.